The number of hydrogen-bond acceptors (Lipinski definition) is 5. The molecule has 20 heavy (non-hydrogen) atoms. The van der Waals surface area contributed by atoms with Gasteiger partial charge in [-0.2, -0.15) is 0 Å². The molecule has 0 saturated heterocycles. The van der Waals surface area contributed by atoms with Crippen LogP contribution in [0.2, 0.25) is 0 Å². The van der Waals surface area contributed by atoms with Gasteiger partial charge in [-0.1, -0.05) is 0 Å². The third-order valence-electron chi connectivity index (χ3n) is 2.68. The summed E-state index contributed by atoms with van der Waals surface area (Å²) >= 11 is 0. The van der Waals surface area contributed by atoms with Crippen LogP contribution in [0.25, 0.3) is 0 Å². The molecule has 0 aromatic rings. The Balaban J connectivity index is 3.88. The molecule has 0 saturated carbocycles. The van der Waals surface area contributed by atoms with Crippen molar-refractivity contribution in [2.45, 2.75) is 65.0 Å². The van der Waals surface area contributed by atoms with Crippen LogP contribution in [0.4, 0.5) is 4.79 Å². The molecule has 0 aliphatic rings. The van der Waals surface area contributed by atoms with Crippen molar-refractivity contribution in [1.29, 1.82) is 0 Å². The molecule has 120 valence electrons. The Morgan fingerprint density at radius 1 is 1.15 bits per heavy atom. The highest BCUT2D eigenvalue weighted by atomic mass is 16.7. The maximum Gasteiger partial charge on any atom is 0.407 e. The highest BCUT2D eigenvalue weighted by Gasteiger charge is 2.18. The minimum absolute atomic E-state index is 0.0353. The van der Waals surface area contributed by atoms with Gasteiger partial charge in [-0.3, -0.25) is 0 Å². The first-order valence-corrected chi connectivity index (χ1v) is 6.98. The van der Waals surface area contributed by atoms with Gasteiger partial charge in [-0.15, -0.1) is 0 Å². The molecule has 6 nitrogen and oxygen atoms in total. The van der Waals surface area contributed by atoms with Gasteiger partial charge >= 0.3 is 6.09 Å². The second-order valence-corrected chi connectivity index (χ2v) is 5.92. The molecule has 0 aliphatic carbocycles. The topological polar surface area (TPSA) is 68.8 Å². The van der Waals surface area contributed by atoms with Gasteiger partial charge in [0.25, 0.3) is 0 Å². The lowest BCUT2D eigenvalue weighted by molar-refractivity contribution is -0.119. The SMILES string of the molecule is COC(OC)C(C)NCCC(C)NC(=O)OC(C)(C)C. The zero-order valence-electron chi connectivity index (χ0n) is 13.8. The third-order valence-corrected chi connectivity index (χ3v) is 2.68. The van der Waals surface area contributed by atoms with Crippen molar-refractivity contribution < 1.29 is 19.0 Å². The lowest BCUT2D eigenvalue weighted by Gasteiger charge is -2.24. The van der Waals surface area contributed by atoms with E-state index in [1.54, 1.807) is 14.2 Å². The van der Waals surface area contributed by atoms with Gasteiger partial charge < -0.3 is 24.8 Å². The first kappa shape index (κ1) is 19.1. The molecule has 2 unspecified atom stereocenters. The Kier molecular flexibility index (Phi) is 8.76. The average molecular weight is 290 g/mol. The third kappa shape index (κ3) is 9.12. The summed E-state index contributed by atoms with van der Waals surface area (Å²) < 4.78 is 15.5. The molecule has 2 N–H and O–H groups in total. The Bertz CT molecular complexity index is 275. The van der Waals surface area contributed by atoms with Crippen molar-refractivity contribution in [1.82, 2.24) is 10.6 Å². The van der Waals surface area contributed by atoms with Crippen molar-refractivity contribution >= 4 is 6.09 Å². The minimum atomic E-state index is -0.472. The fraction of sp³-hybridized carbons (Fsp3) is 0.929. The molecule has 0 aromatic heterocycles. The maximum absolute atomic E-state index is 11.6. The van der Waals surface area contributed by atoms with Gasteiger partial charge in [0.15, 0.2) is 6.29 Å². The summed E-state index contributed by atoms with van der Waals surface area (Å²) in [6, 6.07) is 0.117. The summed E-state index contributed by atoms with van der Waals surface area (Å²) in [5, 5.41) is 6.10. The average Bonchev–Trinajstić information content (AvgIpc) is 2.27. The van der Waals surface area contributed by atoms with E-state index < -0.39 is 5.60 Å². The highest BCUT2D eigenvalue weighted by molar-refractivity contribution is 5.67. The predicted octanol–water partition coefficient (Wildman–Crippen LogP) is 1.89. The number of amides is 1. The molecule has 0 rings (SSSR count). The summed E-state index contributed by atoms with van der Waals surface area (Å²) in [7, 11) is 3.22. The minimum Gasteiger partial charge on any atom is -0.444 e. The monoisotopic (exact) mass is 290 g/mol. The smallest absolute Gasteiger partial charge is 0.407 e. The summed E-state index contributed by atoms with van der Waals surface area (Å²) in [4.78, 5) is 11.6. The number of hydrogen-bond donors (Lipinski definition) is 2. The molecule has 1 amide bonds. The fourth-order valence-electron chi connectivity index (χ4n) is 1.71. The van der Waals surface area contributed by atoms with E-state index in [4.69, 9.17) is 14.2 Å². The van der Waals surface area contributed by atoms with Crippen molar-refractivity contribution in [2.24, 2.45) is 0 Å². The van der Waals surface area contributed by atoms with Crippen molar-refractivity contribution in [2.75, 3.05) is 20.8 Å². The lowest BCUT2D eigenvalue weighted by atomic mass is 10.2. The van der Waals surface area contributed by atoms with Crippen LogP contribution in [0.3, 0.4) is 0 Å². The van der Waals surface area contributed by atoms with Crippen LogP contribution in [-0.4, -0.2) is 50.8 Å². The second-order valence-electron chi connectivity index (χ2n) is 5.92. The van der Waals surface area contributed by atoms with Gasteiger partial charge in [0.2, 0.25) is 0 Å². The van der Waals surface area contributed by atoms with Gasteiger partial charge in [-0.05, 0) is 47.6 Å². The Labute approximate surface area is 122 Å². The molecule has 0 bridgehead atoms. The zero-order chi connectivity index (χ0) is 15.8. The first-order valence-electron chi connectivity index (χ1n) is 6.98. The van der Waals surface area contributed by atoms with Crippen LogP contribution in [0.15, 0.2) is 0 Å². The van der Waals surface area contributed by atoms with Gasteiger partial charge in [-0.25, -0.2) is 4.79 Å². The Morgan fingerprint density at radius 3 is 2.15 bits per heavy atom. The quantitative estimate of drug-likeness (QED) is 0.668. The van der Waals surface area contributed by atoms with E-state index >= 15 is 0 Å². The molecule has 0 fully saturated rings. The number of alkyl carbamates (subject to hydrolysis) is 1. The van der Waals surface area contributed by atoms with Crippen LogP contribution in [0, 0.1) is 0 Å². The molecular formula is C14H30N2O4. The maximum atomic E-state index is 11.6. The number of methoxy groups -OCH3 is 2. The van der Waals surface area contributed by atoms with Crippen LogP contribution < -0.4 is 10.6 Å². The molecular weight excluding hydrogens is 260 g/mol. The second kappa shape index (κ2) is 9.15. The lowest BCUT2D eigenvalue weighted by Crippen LogP contribution is -2.43. The molecule has 0 aromatic carbocycles. The van der Waals surface area contributed by atoms with Gasteiger partial charge in [0.1, 0.15) is 5.60 Å². The molecule has 0 spiro atoms. The molecule has 0 radical (unpaired) electrons. The van der Waals surface area contributed by atoms with E-state index in [2.05, 4.69) is 10.6 Å². The highest BCUT2D eigenvalue weighted by Crippen LogP contribution is 2.07. The summed E-state index contributed by atoms with van der Waals surface area (Å²) in [5.41, 5.74) is -0.472. The Hall–Kier alpha value is -0.850. The van der Waals surface area contributed by atoms with E-state index in [-0.39, 0.29) is 24.5 Å². The van der Waals surface area contributed by atoms with E-state index in [0.29, 0.717) is 0 Å². The van der Waals surface area contributed by atoms with Crippen molar-refractivity contribution in [3.8, 4) is 0 Å². The fourth-order valence-corrected chi connectivity index (χ4v) is 1.71. The predicted molar refractivity (Wildman–Crippen MR) is 78.7 cm³/mol. The first-order chi connectivity index (χ1) is 9.19. The Morgan fingerprint density at radius 2 is 1.70 bits per heavy atom. The van der Waals surface area contributed by atoms with Crippen LogP contribution >= 0.6 is 0 Å². The summed E-state index contributed by atoms with van der Waals surface area (Å²) in [6.45, 7) is 10.2. The van der Waals surface area contributed by atoms with E-state index in [1.807, 2.05) is 34.6 Å². The van der Waals surface area contributed by atoms with Crippen LogP contribution in [0.1, 0.15) is 41.0 Å². The van der Waals surface area contributed by atoms with Crippen LogP contribution in [-0.2, 0) is 14.2 Å². The van der Waals surface area contributed by atoms with Gasteiger partial charge in [0.05, 0.1) is 6.04 Å². The van der Waals surface area contributed by atoms with E-state index in [9.17, 15) is 4.79 Å². The molecule has 2 atom stereocenters. The van der Waals surface area contributed by atoms with E-state index in [0.717, 1.165) is 13.0 Å². The molecule has 6 heteroatoms. The number of ether oxygens (including phenoxy) is 3. The van der Waals surface area contributed by atoms with Crippen molar-refractivity contribution in [3.63, 3.8) is 0 Å². The standard InChI is InChI=1S/C14H30N2O4/c1-10(16-13(17)20-14(3,4)5)8-9-15-11(2)12(18-6)19-7/h10-12,15H,8-9H2,1-7H3,(H,16,17). The normalized spacial score (nSPS) is 15.0. The molecule has 0 heterocycles. The number of rotatable bonds is 8. The van der Waals surface area contributed by atoms with Crippen molar-refractivity contribution in [3.05, 3.63) is 0 Å². The van der Waals surface area contributed by atoms with Gasteiger partial charge in [0, 0.05) is 20.3 Å². The summed E-state index contributed by atoms with van der Waals surface area (Å²) in [6.07, 6.45) is 0.137. The van der Waals surface area contributed by atoms with Crippen LogP contribution in [0.5, 0.6) is 0 Å². The summed E-state index contributed by atoms with van der Waals surface area (Å²) in [5.74, 6) is 0. The number of carbonyl (C=O) groups excluding carboxylic acids is 1. The number of carbonyl (C=O) groups is 1. The zero-order valence-corrected chi connectivity index (χ0v) is 13.8. The number of nitrogens with one attached hydrogen (secondary N) is 2. The van der Waals surface area contributed by atoms with E-state index in [1.165, 1.54) is 0 Å². The molecule has 0 aliphatic heterocycles. The largest absolute Gasteiger partial charge is 0.444 e.